The molecule has 0 bridgehead atoms. The van der Waals surface area contributed by atoms with Crippen LogP contribution in [0.15, 0.2) is 0 Å². The number of nitrogens with one attached hydrogen (secondary N) is 1. The molecule has 1 rings (SSSR count). The Morgan fingerprint density at radius 1 is 1.27 bits per heavy atom. The number of hydrogen-bond donors (Lipinski definition) is 1. The lowest BCUT2D eigenvalue weighted by Gasteiger charge is -2.35. The molecule has 0 spiro atoms. The number of amides is 2. The molecular formula is C16H30N2O7S. The number of carbonyl (C=O) groups excluding carboxylic acids is 2. The molecule has 152 valence electrons. The summed E-state index contributed by atoms with van der Waals surface area (Å²) in [6.45, 7) is 10.2. The quantitative estimate of drug-likeness (QED) is 0.674. The number of nitrogens with zero attached hydrogens (tertiary/aromatic N) is 1. The molecular weight excluding hydrogens is 364 g/mol. The minimum Gasteiger partial charge on any atom is -0.444 e. The molecule has 10 heteroatoms. The third-order valence-corrected chi connectivity index (χ3v) is 4.23. The Labute approximate surface area is 155 Å². The Hall–Kier alpha value is -1.39. The first-order chi connectivity index (χ1) is 11.6. The smallest absolute Gasteiger partial charge is 0.412 e. The molecule has 1 aliphatic heterocycles. The highest BCUT2D eigenvalue weighted by Gasteiger charge is 2.50. The van der Waals surface area contributed by atoms with E-state index < -0.39 is 39.7 Å². The minimum atomic E-state index is -3.60. The molecule has 1 aliphatic rings. The van der Waals surface area contributed by atoms with Gasteiger partial charge in [-0.3, -0.25) is 13.9 Å². The summed E-state index contributed by atoms with van der Waals surface area (Å²) in [7, 11) is -3.60. The van der Waals surface area contributed by atoms with Crippen molar-refractivity contribution in [2.45, 2.75) is 71.4 Å². The van der Waals surface area contributed by atoms with Crippen LogP contribution >= 0.6 is 0 Å². The van der Waals surface area contributed by atoms with Crippen molar-refractivity contribution in [2.75, 3.05) is 19.4 Å². The Morgan fingerprint density at radius 3 is 2.31 bits per heavy atom. The highest BCUT2D eigenvalue weighted by Crippen LogP contribution is 2.35. The van der Waals surface area contributed by atoms with Gasteiger partial charge < -0.3 is 14.8 Å². The van der Waals surface area contributed by atoms with Crippen molar-refractivity contribution in [2.24, 2.45) is 0 Å². The number of ether oxygens (including phenoxy) is 2. The molecule has 0 aromatic heterocycles. The van der Waals surface area contributed by atoms with E-state index in [1.807, 2.05) is 0 Å². The first kappa shape index (κ1) is 22.7. The fraction of sp³-hybridized carbons (Fsp3) is 0.875. The summed E-state index contributed by atoms with van der Waals surface area (Å²) in [6.07, 6.45) is 0.0736. The van der Waals surface area contributed by atoms with Gasteiger partial charge in [-0.1, -0.05) is 0 Å². The van der Waals surface area contributed by atoms with Gasteiger partial charge in [-0.25, -0.2) is 4.79 Å². The van der Waals surface area contributed by atoms with Crippen LogP contribution in [0.3, 0.4) is 0 Å². The normalized spacial score (nSPS) is 23.0. The molecule has 2 atom stereocenters. The zero-order valence-electron chi connectivity index (χ0n) is 16.5. The van der Waals surface area contributed by atoms with Crippen molar-refractivity contribution in [3.8, 4) is 0 Å². The first-order valence-corrected chi connectivity index (χ1v) is 10.2. The van der Waals surface area contributed by atoms with Crippen molar-refractivity contribution in [3.63, 3.8) is 0 Å². The van der Waals surface area contributed by atoms with Crippen LogP contribution in [0, 0.1) is 0 Å². The molecule has 2 amide bonds. The summed E-state index contributed by atoms with van der Waals surface area (Å²) in [6, 6.07) is -0.520. The Morgan fingerprint density at radius 2 is 1.85 bits per heavy atom. The lowest BCUT2D eigenvalue weighted by molar-refractivity contribution is -0.120. The summed E-state index contributed by atoms with van der Waals surface area (Å²) in [4.78, 5) is 25.4. The fourth-order valence-corrected chi connectivity index (χ4v) is 3.19. The van der Waals surface area contributed by atoms with E-state index in [2.05, 4.69) is 5.32 Å². The zero-order valence-corrected chi connectivity index (χ0v) is 17.3. The third-order valence-electron chi connectivity index (χ3n) is 3.63. The second-order valence-electron chi connectivity index (χ2n) is 7.77. The molecule has 0 aromatic carbocycles. The summed E-state index contributed by atoms with van der Waals surface area (Å²) < 4.78 is 38.7. The van der Waals surface area contributed by atoms with Crippen LogP contribution in [0.2, 0.25) is 0 Å². The van der Waals surface area contributed by atoms with Gasteiger partial charge in [-0.05, 0) is 41.0 Å². The molecule has 1 saturated heterocycles. The van der Waals surface area contributed by atoms with E-state index in [4.69, 9.17) is 13.7 Å². The van der Waals surface area contributed by atoms with Crippen LogP contribution in [-0.2, 0) is 28.6 Å². The van der Waals surface area contributed by atoms with Crippen molar-refractivity contribution < 1.29 is 31.7 Å². The maximum Gasteiger partial charge on any atom is 0.412 e. The van der Waals surface area contributed by atoms with Gasteiger partial charge in [-0.15, -0.1) is 0 Å². The number of hydrogen-bond acceptors (Lipinski definition) is 7. The van der Waals surface area contributed by atoms with E-state index in [1.54, 1.807) is 34.6 Å². The Kier molecular flexibility index (Phi) is 7.05. The highest BCUT2D eigenvalue weighted by molar-refractivity contribution is 7.85. The van der Waals surface area contributed by atoms with Crippen LogP contribution in [0.25, 0.3) is 0 Å². The van der Waals surface area contributed by atoms with Gasteiger partial charge in [-0.2, -0.15) is 8.42 Å². The average molecular weight is 394 g/mol. The monoisotopic (exact) mass is 394 g/mol. The predicted octanol–water partition coefficient (Wildman–Crippen LogP) is 1.23. The molecule has 0 radical (unpaired) electrons. The molecule has 0 saturated carbocycles. The molecule has 1 heterocycles. The van der Waals surface area contributed by atoms with Crippen LogP contribution in [0.1, 0.15) is 48.0 Å². The Bertz CT molecular complexity index is 625. The van der Waals surface area contributed by atoms with E-state index in [0.717, 1.165) is 6.26 Å². The lowest BCUT2D eigenvalue weighted by atomic mass is 10.1. The third kappa shape index (κ3) is 7.08. The minimum absolute atomic E-state index is 0.112. The van der Waals surface area contributed by atoms with Crippen LogP contribution in [0.5, 0.6) is 0 Å². The van der Waals surface area contributed by atoms with Crippen molar-refractivity contribution in [1.82, 2.24) is 10.2 Å². The fourth-order valence-electron chi connectivity index (χ4n) is 2.79. The zero-order chi connectivity index (χ0) is 20.3. The van der Waals surface area contributed by atoms with E-state index in [9.17, 15) is 18.0 Å². The van der Waals surface area contributed by atoms with Gasteiger partial charge in [0.25, 0.3) is 10.1 Å². The molecule has 0 aliphatic carbocycles. The van der Waals surface area contributed by atoms with Crippen molar-refractivity contribution in [1.29, 1.82) is 0 Å². The predicted molar refractivity (Wildman–Crippen MR) is 94.9 cm³/mol. The van der Waals surface area contributed by atoms with E-state index in [0.29, 0.717) is 0 Å². The molecule has 2 unspecified atom stereocenters. The topological polar surface area (TPSA) is 111 Å². The standard InChI is InChI=1S/C16H30N2O7S/c1-11(19)17-10-13-12(8-9-23-26(7,21)22)18(16(5,6)24-13)14(20)25-15(2,3)4/h12-13H,8-10H2,1-7H3,(H,17,19). The van der Waals surface area contributed by atoms with Crippen LogP contribution in [-0.4, -0.2) is 68.2 Å². The summed E-state index contributed by atoms with van der Waals surface area (Å²) in [5, 5.41) is 2.67. The number of rotatable bonds is 6. The molecule has 0 aromatic rings. The summed E-state index contributed by atoms with van der Waals surface area (Å²) >= 11 is 0. The van der Waals surface area contributed by atoms with E-state index in [-0.39, 0.29) is 25.5 Å². The maximum absolute atomic E-state index is 12.7. The number of carbonyl (C=O) groups is 2. The second-order valence-corrected chi connectivity index (χ2v) is 9.42. The van der Waals surface area contributed by atoms with E-state index >= 15 is 0 Å². The van der Waals surface area contributed by atoms with Crippen molar-refractivity contribution >= 4 is 22.1 Å². The maximum atomic E-state index is 12.7. The summed E-state index contributed by atoms with van der Waals surface area (Å²) in [5.41, 5.74) is -1.68. The van der Waals surface area contributed by atoms with Gasteiger partial charge in [0.1, 0.15) is 11.3 Å². The van der Waals surface area contributed by atoms with Crippen LogP contribution in [0.4, 0.5) is 4.79 Å². The van der Waals surface area contributed by atoms with Gasteiger partial charge in [0.2, 0.25) is 5.91 Å². The van der Waals surface area contributed by atoms with E-state index in [1.165, 1.54) is 11.8 Å². The Balaban J connectivity index is 3.02. The highest BCUT2D eigenvalue weighted by atomic mass is 32.2. The summed E-state index contributed by atoms with van der Waals surface area (Å²) in [5.74, 6) is -0.228. The van der Waals surface area contributed by atoms with Gasteiger partial charge >= 0.3 is 6.09 Å². The van der Waals surface area contributed by atoms with Gasteiger partial charge in [0, 0.05) is 13.5 Å². The SMILES string of the molecule is CC(=O)NCC1OC(C)(C)N(C(=O)OC(C)(C)C)C1CCOS(C)(=O)=O. The second kappa shape index (κ2) is 8.10. The largest absolute Gasteiger partial charge is 0.444 e. The molecule has 1 N–H and O–H groups in total. The van der Waals surface area contributed by atoms with Gasteiger partial charge in [0.15, 0.2) is 0 Å². The van der Waals surface area contributed by atoms with Gasteiger partial charge in [0.05, 0.1) is 25.0 Å². The average Bonchev–Trinajstić information content (AvgIpc) is 2.63. The van der Waals surface area contributed by atoms with Crippen molar-refractivity contribution in [3.05, 3.63) is 0 Å². The molecule has 1 fully saturated rings. The van der Waals surface area contributed by atoms with Crippen LogP contribution < -0.4 is 5.32 Å². The first-order valence-electron chi connectivity index (χ1n) is 8.41. The lowest BCUT2D eigenvalue weighted by Crippen LogP contribution is -2.51. The molecule has 9 nitrogen and oxygen atoms in total. The molecule has 26 heavy (non-hydrogen) atoms.